The first-order valence-electron chi connectivity index (χ1n) is 6.49. The molecule has 10 heteroatoms. The number of halogens is 2. The van der Waals surface area contributed by atoms with Crippen molar-refractivity contribution in [1.82, 2.24) is 10.0 Å². The molecule has 1 rings (SSSR count). The maximum absolute atomic E-state index is 12.1. The predicted molar refractivity (Wildman–Crippen MR) is 90.0 cm³/mol. The highest BCUT2D eigenvalue weighted by Gasteiger charge is 2.17. The Balaban J connectivity index is 0.00000484. The maximum atomic E-state index is 12.1. The molecule has 0 atom stereocenters. The van der Waals surface area contributed by atoms with Crippen molar-refractivity contribution in [1.29, 1.82) is 0 Å². The van der Waals surface area contributed by atoms with E-state index in [2.05, 4.69) is 14.8 Å². The van der Waals surface area contributed by atoms with Gasteiger partial charge >= 0.3 is 5.97 Å². The molecule has 0 bridgehead atoms. The van der Waals surface area contributed by atoms with Crippen LogP contribution in [0.2, 0.25) is 5.02 Å². The summed E-state index contributed by atoms with van der Waals surface area (Å²) in [6.07, 6.45) is 0. The SMILES string of the molecule is COCCNCCNS(=O)(=O)c1ccc(C(=O)OC)c(Cl)c1.Cl. The molecule has 0 saturated heterocycles. The molecule has 0 aliphatic carbocycles. The van der Waals surface area contributed by atoms with Gasteiger partial charge in [-0.2, -0.15) is 0 Å². The topological polar surface area (TPSA) is 93.7 Å². The molecule has 0 fully saturated rings. The minimum absolute atomic E-state index is 0. The van der Waals surface area contributed by atoms with Gasteiger partial charge in [0.15, 0.2) is 0 Å². The fraction of sp³-hybridized carbons (Fsp3) is 0.462. The van der Waals surface area contributed by atoms with Gasteiger partial charge < -0.3 is 14.8 Å². The zero-order valence-corrected chi connectivity index (χ0v) is 15.2. The highest BCUT2D eigenvalue weighted by atomic mass is 35.5. The zero-order chi connectivity index (χ0) is 16.6. The Labute approximate surface area is 147 Å². The molecule has 0 heterocycles. The zero-order valence-electron chi connectivity index (χ0n) is 12.8. The summed E-state index contributed by atoms with van der Waals surface area (Å²) in [6.45, 7) is 1.88. The van der Waals surface area contributed by atoms with Crippen LogP contribution in [0.15, 0.2) is 23.1 Å². The number of carbonyl (C=O) groups is 1. The van der Waals surface area contributed by atoms with Crippen molar-refractivity contribution in [3.8, 4) is 0 Å². The van der Waals surface area contributed by atoms with E-state index in [4.69, 9.17) is 16.3 Å². The molecule has 0 unspecified atom stereocenters. The minimum atomic E-state index is -3.68. The average Bonchev–Trinajstić information content (AvgIpc) is 2.49. The van der Waals surface area contributed by atoms with Gasteiger partial charge in [0.2, 0.25) is 10.0 Å². The van der Waals surface area contributed by atoms with E-state index in [-0.39, 0.29) is 34.4 Å². The van der Waals surface area contributed by atoms with Gasteiger partial charge in [-0.15, -0.1) is 12.4 Å². The molecule has 1 aromatic carbocycles. The van der Waals surface area contributed by atoms with Crippen LogP contribution in [0.5, 0.6) is 0 Å². The number of sulfonamides is 1. The fourth-order valence-corrected chi connectivity index (χ4v) is 2.97. The Morgan fingerprint density at radius 2 is 1.91 bits per heavy atom. The van der Waals surface area contributed by atoms with Gasteiger partial charge in [0.1, 0.15) is 0 Å². The molecule has 0 amide bonds. The van der Waals surface area contributed by atoms with Crippen molar-refractivity contribution in [2.24, 2.45) is 0 Å². The number of esters is 1. The number of hydrogen-bond acceptors (Lipinski definition) is 6. The van der Waals surface area contributed by atoms with E-state index in [1.54, 1.807) is 7.11 Å². The second-order valence-electron chi connectivity index (χ2n) is 4.27. The molecule has 0 radical (unpaired) electrons. The second kappa shape index (κ2) is 10.8. The molecule has 2 N–H and O–H groups in total. The first-order valence-corrected chi connectivity index (χ1v) is 8.35. The van der Waals surface area contributed by atoms with Crippen molar-refractivity contribution in [3.05, 3.63) is 28.8 Å². The smallest absolute Gasteiger partial charge is 0.339 e. The Bertz CT molecular complexity index is 610. The maximum Gasteiger partial charge on any atom is 0.339 e. The molecule has 7 nitrogen and oxygen atoms in total. The van der Waals surface area contributed by atoms with E-state index in [0.717, 1.165) is 0 Å². The number of ether oxygens (including phenoxy) is 2. The molecular weight excluding hydrogens is 367 g/mol. The number of nitrogens with one attached hydrogen (secondary N) is 2. The highest BCUT2D eigenvalue weighted by Crippen LogP contribution is 2.21. The standard InChI is InChI=1S/C13H19ClN2O5S.ClH/c1-20-8-7-15-5-6-16-22(18,19)10-3-4-11(12(14)9-10)13(17)21-2;/h3-4,9,15-16H,5-8H2,1-2H3;1H. The average molecular weight is 387 g/mol. The van der Waals surface area contributed by atoms with E-state index in [1.165, 1.54) is 25.3 Å². The van der Waals surface area contributed by atoms with Gasteiger partial charge in [0.25, 0.3) is 0 Å². The lowest BCUT2D eigenvalue weighted by molar-refractivity contribution is 0.0601. The molecule has 0 aliphatic rings. The van der Waals surface area contributed by atoms with E-state index in [9.17, 15) is 13.2 Å². The monoisotopic (exact) mass is 386 g/mol. The van der Waals surface area contributed by atoms with Gasteiger partial charge in [0.05, 0.1) is 29.2 Å². The number of hydrogen-bond donors (Lipinski definition) is 2. The summed E-state index contributed by atoms with van der Waals surface area (Å²) in [5.74, 6) is -0.621. The lowest BCUT2D eigenvalue weighted by Crippen LogP contribution is -2.33. The number of carbonyl (C=O) groups excluding carboxylic acids is 1. The Morgan fingerprint density at radius 3 is 2.48 bits per heavy atom. The Morgan fingerprint density at radius 1 is 1.22 bits per heavy atom. The van der Waals surface area contributed by atoms with Crippen LogP contribution in [0.3, 0.4) is 0 Å². The molecule has 0 aliphatic heterocycles. The third-order valence-corrected chi connectivity index (χ3v) is 4.50. The van der Waals surface area contributed by atoms with Gasteiger partial charge in [-0.1, -0.05) is 11.6 Å². The molecule has 23 heavy (non-hydrogen) atoms. The van der Waals surface area contributed by atoms with Crippen molar-refractivity contribution in [2.75, 3.05) is 40.5 Å². The molecule has 132 valence electrons. The summed E-state index contributed by atoms with van der Waals surface area (Å²) in [4.78, 5) is 11.4. The van der Waals surface area contributed by atoms with Crippen molar-refractivity contribution < 1.29 is 22.7 Å². The Hall–Kier alpha value is -0.900. The van der Waals surface area contributed by atoms with Gasteiger partial charge in [-0.25, -0.2) is 17.9 Å². The molecule has 0 saturated carbocycles. The third kappa shape index (κ3) is 7.03. The summed E-state index contributed by atoms with van der Waals surface area (Å²) in [5.41, 5.74) is 0.115. The van der Waals surface area contributed by atoms with Crippen LogP contribution in [-0.4, -0.2) is 54.8 Å². The van der Waals surface area contributed by atoms with E-state index < -0.39 is 16.0 Å². The highest BCUT2D eigenvalue weighted by molar-refractivity contribution is 7.89. The number of rotatable bonds is 9. The first kappa shape index (κ1) is 22.1. The van der Waals surface area contributed by atoms with Crippen LogP contribution < -0.4 is 10.0 Å². The largest absolute Gasteiger partial charge is 0.465 e. The summed E-state index contributed by atoms with van der Waals surface area (Å²) in [6, 6.07) is 3.84. The van der Waals surface area contributed by atoms with Crippen LogP contribution in [-0.2, 0) is 19.5 Å². The lowest BCUT2D eigenvalue weighted by atomic mass is 10.2. The summed E-state index contributed by atoms with van der Waals surface area (Å²) in [7, 11) is -0.869. The van der Waals surface area contributed by atoms with Crippen molar-refractivity contribution in [2.45, 2.75) is 4.90 Å². The Kier molecular flexibility index (Phi) is 10.4. The van der Waals surface area contributed by atoms with Gasteiger partial charge in [0, 0.05) is 26.7 Å². The van der Waals surface area contributed by atoms with Crippen LogP contribution in [0.25, 0.3) is 0 Å². The quantitative estimate of drug-likeness (QED) is 0.486. The lowest BCUT2D eigenvalue weighted by Gasteiger charge is -2.09. The van der Waals surface area contributed by atoms with Gasteiger partial charge in [-0.3, -0.25) is 0 Å². The van der Waals surface area contributed by atoms with Crippen LogP contribution in [0.1, 0.15) is 10.4 Å². The molecule has 0 spiro atoms. The summed E-state index contributed by atoms with van der Waals surface area (Å²) < 4.78 is 36.0. The van der Waals surface area contributed by atoms with Crippen molar-refractivity contribution in [3.63, 3.8) is 0 Å². The molecular formula is C13H20Cl2N2O5S. The second-order valence-corrected chi connectivity index (χ2v) is 6.45. The van der Waals surface area contributed by atoms with E-state index in [0.29, 0.717) is 19.7 Å². The fourth-order valence-electron chi connectivity index (χ4n) is 1.59. The normalized spacial score (nSPS) is 10.9. The predicted octanol–water partition coefficient (Wildman–Crippen LogP) is 1.06. The van der Waals surface area contributed by atoms with Crippen LogP contribution in [0, 0.1) is 0 Å². The van der Waals surface area contributed by atoms with Crippen LogP contribution >= 0.6 is 24.0 Å². The molecule has 0 aromatic heterocycles. The number of methoxy groups -OCH3 is 2. The number of benzene rings is 1. The summed E-state index contributed by atoms with van der Waals surface area (Å²) in [5, 5.41) is 3.04. The first-order chi connectivity index (χ1) is 10.4. The van der Waals surface area contributed by atoms with Crippen molar-refractivity contribution >= 4 is 40.0 Å². The van der Waals surface area contributed by atoms with E-state index >= 15 is 0 Å². The van der Waals surface area contributed by atoms with Crippen LogP contribution in [0.4, 0.5) is 0 Å². The van der Waals surface area contributed by atoms with Gasteiger partial charge in [-0.05, 0) is 18.2 Å². The van der Waals surface area contributed by atoms with E-state index in [1.807, 2.05) is 0 Å². The third-order valence-electron chi connectivity index (χ3n) is 2.73. The molecule has 1 aromatic rings. The summed E-state index contributed by atoms with van der Waals surface area (Å²) >= 11 is 5.91. The minimum Gasteiger partial charge on any atom is -0.465 e.